The van der Waals surface area contributed by atoms with E-state index in [2.05, 4.69) is 20.9 Å². The van der Waals surface area contributed by atoms with Crippen molar-refractivity contribution >= 4 is 11.7 Å². The summed E-state index contributed by atoms with van der Waals surface area (Å²) < 4.78 is 1.50. The van der Waals surface area contributed by atoms with Gasteiger partial charge in [-0.15, -0.1) is 5.10 Å². The van der Waals surface area contributed by atoms with Crippen LogP contribution >= 0.6 is 0 Å². The summed E-state index contributed by atoms with van der Waals surface area (Å²) in [6.07, 6.45) is 4.64. The molecule has 0 atom stereocenters. The summed E-state index contributed by atoms with van der Waals surface area (Å²) in [6.45, 7) is 0.421. The van der Waals surface area contributed by atoms with E-state index in [4.69, 9.17) is 0 Å². The van der Waals surface area contributed by atoms with Gasteiger partial charge in [0.2, 0.25) is 5.91 Å². The van der Waals surface area contributed by atoms with Crippen LogP contribution in [0.2, 0.25) is 0 Å². The minimum atomic E-state index is -0.126. The van der Waals surface area contributed by atoms with Gasteiger partial charge in [-0.05, 0) is 0 Å². The van der Waals surface area contributed by atoms with Crippen molar-refractivity contribution < 1.29 is 4.79 Å². The van der Waals surface area contributed by atoms with Crippen molar-refractivity contribution in [3.05, 3.63) is 18.5 Å². The van der Waals surface area contributed by atoms with Crippen molar-refractivity contribution in [3.63, 3.8) is 0 Å². The van der Waals surface area contributed by atoms with Crippen molar-refractivity contribution in [1.29, 1.82) is 0 Å². The second-order valence-corrected chi connectivity index (χ2v) is 2.27. The van der Waals surface area contributed by atoms with Crippen molar-refractivity contribution in [2.75, 3.05) is 6.67 Å². The highest BCUT2D eigenvalue weighted by Crippen LogP contribution is 1.98. The molecule has 0 aliphatic carbocycles. The summed E-state index contributed by atoms with van der Waals surface area (Å²) in [5.74, 6) is 0.510. The van der Waals surface area contributed by atoms with Crippen molar-refractivity contribution in [2.24, 2.45) is 0 Å². The summed E-state index contributed by atoms with van der Waals surface area (Å²) in [4.78, 5) is 10.9. The van der Waals surface area contributed by atoms with E-state index in [9.17, 15) is 4.79 Å². The predicted octanol–water partition coefficient (Wildman–Crippen LogP) is -1.25. The normalized spacial score (nSPS) is 16.3. The number of nitrogens with one attached hydrogen (secondary N) is 2. The lowest BCUT2D eigenvalue weighted by Gasteiger charge is -2.15. The first kappa shape index (κ1) is 6.84. The Morgan fingerprint density at radius 1 is 1.50 bits per heavy atom. The molecule has 0 radical (unpaired) electrons. The highest BCUT2D eigenvalue weighted by molar-refractivity contribution is 5.93. The molecule has 0 saturated carbocycles. The minimum absolute atomic E-state index is 0.126. The van der Waals surface area contributed by atoms with Crippen LogP contribution in [0.15, 0.2) is 18.5 Å². The van der Waals surface area contributed by atoms with Gasteiger partial charge in [0.05, 0.1) is 19.1 Å². The second-order valence-electron chi connectivity index (χ2n) is 2.27. The van der Waals surface area contributed by atoms with E-state index >= 15 is 0 Å². The molecule has 0 spiro atoms. The summed E-state index contributed by atoms with van der Waals surface area (Å²) in [5.41, 5.74) is 0. The predicted molar refractivity (Wildman–Crippen MR) is 40.4 cm³/mol. The van der Waals surface area contributed by atoms with Crippen LogP contribution in [0, 0.1) is 0 Å². The number of rotatable bonds is 1. The summed E-state index contributed by atoms with van der Waals surface area (Å²) in [5, 5.41) is 12.9. The third-order valence-corrected chi connectivity index (χ3v) is 1.47. The fourth-order valence-corrected chi connectivity index (χ4v) is 0.932. The molecule has 1 aliphatic rings. The van der Waals surface area contributed by atoms with Gasteiger partial charge in [0.25, 0.3) is 0 Å². The summed E-state index contributed by atoms with van der Waals surface area (Å²) in [6, 6.07) is 0. The van der Waals surface area contributed by atoms with E-state index in [0.717, 1.165) is 0 Å². The van der Waals surface area contributed by atoms with Crippen LogP contribution < -0.4 is 10.6 Å². The van der Waals surface area contributed by atoms with Crippen molar-refractivity contribution in [3.8, 4) is 0 Å². The number of carbonyl (C=O) groups excluding carboxylic acids is 1. The maximum absolute atomic E-state index is 10.9. The van der Waals surface area contributed by atoms with E-state index in [1.54, 1.807) is 12.4 Å². The van der Waals surface area contributed by atoms with Gasteiger partial charge in [0.1, 0.15) is 5.82 Å². The van der Waals surface area contributed by atoms with Crippen LogP contribution in [0.3, 0.4) is 0 Å². The molecule has 0 saturated heterocycles. The molecule has 0 unspecified atom stereocenters. The number of amides is 1. The molecule has 1 aromatic rings. The number of carbonyl (C=O) groups is 1. The lowest BCUT2D eigenvalue weighted by Crippen LogP contribution is -2.38. The van der Waals surface area contributed by atoms with Gasteiger partial charge in [-0.25, -0.2) is 4.68 Å². The summed E-state index contributed by atoms with van der Waals surface area (Å²) >= 11 is 0. The topological polar surface area (TPSA) is 71.8 Å². The van der Waals surface area contributed by atoms with E-state index in [-0.39, 0.29) is 5.91 Å². The molecule has 2 heterocycles. The Labute approximate surface area is 68.3 Å². The molecule has 0 aromatic carbocycles. The highest BCUT2D eigenvalue weighted by atomic mass is 16.1. The Morgan fingerprint density at radius 2 is 2.42 bits per heavy atom. The molecular formula is C6H7N5O. The molecule has 62 valence electrons. The summed E-state index contributed by atoms with van der Waals surface area (Å²) in [7, 11) is 0. The smallest absolute Gasteiger partial charge is 0.249 e. The second kappa shape index (κ2) is 2.65. The number of hydrogen-bond acceptors (Lipinski definition) is 4. The number of nitrogens with zero attached hydrogens (tertiary/aromatic N) is 3. The van der Waals surface area contributed by atoms with Gasteiger partial charge in [-0.3, -0.25) is 4.79 Å². The average molecular weight is 165 g/mol. The van der Waals surface area contributed by atoms with Gasteiger partial charge in [0, 0.05) is 6.08 Å². The van der Waals surface area contributed by atoms with Crippen LogP contribution in [0.5, 0.6) is 0 Å². The fourth-order valence-electron chi connectivity index (χ4n) is 0.932. The van der Waals surface area contributed by atoms with Crippen LogP contribution in [0.1, 0.15) is 0 Å². The third kappa shape index (κ3) is 1.14. The molecule has 0 fully saturated rings. The number of hydrogen-bond donors (Lipinski definition) is 2. The first-order valence-electron chi connectivity index (χ1n) is 3.46. The largest absolute Gasteiger partial charge is 0.352 e. The lowest BCUT2D eigenvalue weighted by molar-refractivity contribution is -0.116. The van der Waals surface area contributed by atoms with E-state index in [1.165, 1.54) is 10.8 Å². The molecule has 12 heavy (non-hydrogen) atoms. The van der Waals surface area contributed by atoms with E-state index in [1.807, 2.05) is 0 Å². The van der Waals surface area contributed by atoms with Crippen LogP contribution in [0.4, 0.5) is 0 Å². The van der Waals surface area contributed by atoms with Crippen molar-refractivity contribution in [1.82, 2.24) is 25.6 Å². The van der Waals surface area contributed by atoms with Crippen LogP contribution in [0.25, 0.3) is 5.82 Å². The Hall–Kier alpha value is -1.85. The van der Waals surface area contributed by atoms with E-state index in [0.29, 0.717) is 12.5 Å². The molecule has 1 amide bonds. The lowest BCUT2D eigenvalue weighted by atomic mass is 10.4. The Balaban J connectivity index is 2.29. The third-order valence-electron chi connectivity index (χ3n) is 1.47. The maximum Gasteiger partial charge on any atom is 0.249 e. The monoisotopic (exact) mass is 165 g/mol. The first-order valence-corrected chi connectivity index (χ1v) is 3.46. The zero-order chi connectivity index (χ0) is 8.39. The van der Waals surface area contributed by atoms with E-state index < -0.39 is 0 Å². The molecule has 2 N–H and O–H groups in total. The molecule has 6 heteroatoms. The zero-order valence-electron chi connectivity index (χ0n) is 6.19. The highest BCUT2D eigenvalue weighted by Gasteiger charge is 2.08. The van der Waals surface area contributed by atoms with Crippen LogP contribution in [-0.4, -0.2) is 27.6 Å². The van der Waals surface area contributed by atoms with Crippen molar-refractivity contribution in [2.45, 2.75) is 0 Å². The molecule has 1 aliphatic heterocycles. The quantitative estimate of drug-likeness (QED) is 0.545. The molecular weight excluding hydrogens is 158 g/mol. The van der Waals surface area contributed by atoms with Gasteiger partial charge in [0.15, 0.2) is 0 Å². The average Bonchev–Trinajstić information content (AvgIpc) is 2.56. The minimum Gasteiger partial charge on any atom is -0.352 e. The Kier molecular flexibility index (Phi) is 1.51. The van der Waals surface area contributed by atoms with Gasteiger partial charge < -0.3 is 10.6 Å². The molecule has 0 bridgehead atoms. The maximum atomic E-state index is 10.9. The molecule has 1 aromatic heterocycles. The fraction of sp³-hybridized carbons (Fsp3) is 0.167. The zero-order valence-corrected chi connectivity index (χ0v) is 6.19. The Morgan fingerprint density at radius 3 is 3.08 bits per heavy atom. The molecule has 6 nitrogen and oxygen atoms in total. The van der Waals surface area contributed by atoms with Gasteiger partial charge in [-0.1, -0.05) is 5.21 Å². The standard InChI is InChI=1S/C6H7N5O/c12-6-3-5(7-4-8-6)11-2-1-9-10-11/h1-3,7H,4H2,(H,8,12). The van der Waals surface area contributed by atoms with Crippen LogP contribution in [-0.2, 0) is 4.79 Å². The molecule has 2 rings (SSSR count). The SMILES string of the molecule is O=C1C=C(n2ccnn2)NCN1. The van der Waals surface area contributed by atoms with Gasteiger partial charge >= 0.3 is 0 Å². The Bertz CT molecular complexity index is 315. The van der Waals surface area contributed by atoms with Gasteiger partial charge in [-0.2, -0.15) is 0 Å². The number of aromatic nitrogens is 3. The first-order chi connectivity index (χ1) is 5.86.